The van der Waals surface area contributed by atoms with E-state index in [0.717, 1.165) is 23.1 Å². The average Bonchev–Trinajstić information content (AvgIpc) is 3.28. The summed E-state index contributed by atoms with van der Waals surface area (Å²) in [4.78, 5) is 12.6. The van der Waals surface area contributed by atoms with Gasteiger partial charge in [-0.15, -0.1) is 10.2 Å². The number of hydrogen-bond donors (Lipinski definition) is 1. The lowest BCUT2D eigenvalue weighted by molar-refractivity contribution is 0.0950. The predicted molar refractivity (Wildman–Crippen MR) is 98.0 cm³/mol. The monoisotopic (exact) mass is 349 g/mol. The van der Waals surface area contributed by atoms with Crippen LogP contribution in [0.3, 0.4) is 0 Å². The first kappa shape index (κ1) is 16.3. The molecular weight excluding hydrogens is 330 g/mol. The largest absolute Gasteiger partial charge is 0.383 e. The van der Waals surface area contributed by atoms with Crippen LogP contribution in [0.2, 0.25) is 0 Å². The van der Waals surface area contributed by atoms with E-state index in [1.54, 1.807) is 7.11 Å². The highest BCUT2D eigenvalue weighted by Gasteiger charge is 2.11. The molecule has 3 aromatic heterocycles. The smallest absolute Gasteiger partial charge is 0.251 e. The third-order valence-electron chi connectivity index (χ3n) is 4.36. The molecular formula is C19H19N5O2. The molecule has 0 spiro atoms. The van der Waals surface area contributed by atoms with E-state index in [2.05, 4.69) is 20.1 Å². The Morgan fingerprint density at radius 2 is 2.08 bits per heavy atom. The summed E-state index contributed by atoms with van der Waals surface area (Å²) in [5.41, 5.74) is 2.39. The number of aromatic nitrogens is 4. The van der Waals surface area contributed by atoms with Gasteiger partial charge >= 0.3 is 0 Å². The molecule has 7 nitrogen and oxygen atoms in total. The topological polar surface area (TPSA) is 73.4 Å². The maximum absolute atomic E-state index is 12.6. The highest BCUT2D eigenvalue weighted by atomic mass is 16.5. The highest BCUT2D eigenvalue weighted by Crippen LogP contribution is 2.18. The van der Waals surface area contributed by atoms with Crippen LogP contribution in [0.1, 0.15) is 16.2 Å². The van der Waals surface area contributed by atoms with Gasteiger partial charge in [0.15, 0.2) is 11.5 Å². The quantitative estimate of drug-likeness (QED) is 0.579. The molecule has 1 aromatic carbocycles. The minimum Gasteiger partial charge on any atom is -0.383 e. The Bertz CT molecular complexity index is 1070. The molecule has 0 aliphatic heterocycles. The normalized spacial score (nSPS) is 11.3. The number of amides is 1. The first-order valence-electron chi connectivity index (χ1n) is 8.41. The zero-order valence-electron chi connectivity index (χ0n) is 14.4. The number of carbonyl (C=O) groups excluding carboxylic acids is 1. The number of pyridine rings is 1. The van der Waals surface area contributed by atoms with Crippen LogP contribution < -0.4 is 5.32 Å². The second-order valence-electron chi connectivity index (χ2n) is 6.00. The summed E-state index contributed by atoms with van der Waals surface area (Å²) in [6.07, 6.45) is 3.89. The van der Waals surface area contributed by atoms with Crippen molar-refractivity contribution in [1.29, 1.82) is 0 Å². The third kappa shape index (κ3) is 3.04. The molecule has 0 aliphatic rings. The highest BCUT2D eigenvalue weighted by molar-refractivity contribution is 5.98. The van der Waals surface area contributed by atoms with Crippen LogP contribution in [0.25, 0.3) is 16.6 Å². The van der Waals surface area contributed by atoms with Gasteiger partial charge in [0.2, 0.25) is 0 Å². The molecule has 0 aliphatic carbocycles. The van der Waals surface area contributed by atoms with E-state index >= 15 is 0 Å². The summed E-state index contributed by atoms with van der Waals surface area (Å²) in [5.74, 6) is 0.553. The fraction of sp³-hybridized carbons (Fsp3) is 0.211. The van der Waals surface area contributed by atoms with Gasteiger partial charge in [0.1, 0.15) is 0 Å². The molecule has 0 bridgehead atoms. The molecule has 0 fully saturated rings. The van der Waals surface area contributed by atoms with Crippen molar-refractivity contribution in [3.05, 3.63) is 66.2 Å². The lowest BCUT2D eigenvalue weighted by Crippen LogP contribution is -2.24. The van der Waals surface area contributed by atoms with Gasteiger partial charge in [0, 0.05) is 37.1 Å². The molecule has 4 aromatic rings. The lowest BCUT2D eigenvalue weighted by atomic mass is 10.1. The zero-order chi connectivity index (χ0) is 17.9. The molecule has 0 radical (unpaired) electrons. The molecule has 0 unspecified atom stereocenters. The predicted octanol–water partition coefficient (Wildman–Crippen LogP) is 2.26. The summed E-state index contributed by atoms with van der Waals surface area (Å²) >= 11 is 0. The number of hydrogen-bond acceptors (Lipinski definition) is 4. The minimum absolute atomic E-state index is 0.140. The maximum Gasteiger partial charge on any atom is 0.251 e. The summed E-state index contributed by atoms with van der Waals surface area (Å²) < 4.78 is 9.09. The molecule has 1 N–H and O–H groups in total. The van der Waals surface area contributed by atoms with Crippen LogP contribution in [0.15, 0.2) is 54.9 Å². The Balaban J connectivity index is 1.52. The molecule has 0 saturated heterocycles. The SMILES string of the molecule is COCCn1ccc2ccc(C(=O)NCc3nnc4ccccn34)cc21. The first-order valence-corrected chi connectivity index (χ1v) is 8.41. The number of rotatable bonds is 6. The molecule has 1 amide bonds. The van der Waals surface area contributed by atoms with Crippen LogP contribution in [-0.2, 0) is 17.8 Å². The fourth-order valence-electron chi connectivity index (χ4n) is 2.98. The average molecular weight is 349 g/mol. The number of nitrogens with one attached hydrogen (secondary N) is 1. The first-order chi connectivity index (χ1) is 12.8. The summed E-state index contributed by atoms with van der Waals surface area (Å²) in [5, 5.41) is 12.2. The molecule has 0 atom stereocenters. The number of ether oxygens (including phenoxy) is 1. The lowest BCUT2D eigenvalue weighted by Gasteiger charge is -2.07. The Morgan fingerprint density at radius 3 is 2.96 bits per heavy atom. The number of fused-ring (bicyclic) bond motifs is 2. The van der Waals surface area contributed by atoms with Crippen molar-refractivity contribution in [1.82, 2.24) is 24.5 Å². The molecule has 7 heteroatoms. The summed E-state index contributed by atoms with van der Waals surface area (Å²) in [6, 6.07) is 13.4. The number of benzene rings is 1. The van der Waals surface area contributed by atoms with Crippen molar-refractivity contribution in [2.45, 2.75) is 13.1 Å². The number of methoxy groups -OCH3 is 1. The van der Waals surface area contributed by atoms with Gasteiger partial charge in [-0.1, -0.05) is 12.1 Å². The van der Waals surface area contributed by atoms with Crippen LogP contribution in [0, 0.1) is 0 Å². The standard InChI is InChI=1S/C19H19N5O2/c1-26-11-10-23-9-7-14-5-6-15(12-16(14)23)19(25)20-13-18-22-21-17-4-2-3-8-24(17)18/h2-9,12H,10-11,13H2,1H3,(H,20,25). The van der Waals surface area contributed by atoms with Crippen LogP contribution in [0.5, 0.6) is 0 Å². The Hall–Kier alpha value is -3.19. The van der Waals surface area contributed by atoms with Gasteiger partial charge in [0.25, 0.3) is 5.91 Å². The summed E-state index contributed by atoms with van der Waals surface area (Å²) in [7, 11) is 1.68. The van der Waals surface area contributed by atoms with Crippen molar-refractivity contribution in [2.75, 3.05) is 13.7 Å². The Kier molecular flexibility index (Phi) is 4.37. The van der Waals surface area contributed by atoms with Crippen molar-refractivity contribution >= 4 is 22.5 Å². The van der Waals surface area contributed by atoms with Gasteiger partial charge in [-0.2, -0.15) is 0 Å². The molecule has 3 heterocycles. The third-order valence-corrected chi connectivity index (χ3v) is 4.36. The van der Waals surface area contributed by atoms with Crippen LogP contribution >= 0.6 is 0 Å². The fourth-order valence-corrected chi connectivity index (χ4v) is 2.98. The molecule has 132 valence electrons. The van der Waals surface area contributed by atoms with Gasteiger partial charge in [-0.3, -0.25) is 9.20 Å². The van der Waals surface area contributed by atoms with E-state index in [0.29, 0.717) is 24.5 Å². The van der Waals surface area contributed by atoms with Gasteiger partial charge in [-0.25, -0.2) is 0 Å². The van der Waals surface area contributed by atoms with Gasteiger partial charge < -0.3 is 14.6 Å². The number of carbonyl (C=O) groups is 1. The van der Waals surface area contributed by atoms with Crippen molar-refractivity contribution in [3.8, 4) is 0 Å². The van der Waals surface area contributed by atoms with E-state index in [4.69, 9.17) is 4.74 Å². The molecule has 0 saturated carbocycles. The van der Waals surface area contributed by atoms with Gasteiger partial charge in [-0.05, 0) is 35.7 Å². The Labute approximate surface area is 150 Å². The van der Waals surface area contributed by atoms with E-state index < -0.39 is 0 Å². The number of nitrogens with zero attached hydrogens (tertiary/aromatic N) is 4. The second-order valence-corrected chi connectivity index (χ2v) is 6.00. The Morgan fingerprint density at radius 1 is 1.15 bits per heavy atom. The van der Waals surface area contributed by atoms with Gasteiger partial charge in [0.05, 0.1) is 13.2 Å². The van der Waals surface area contributed by atoms with Crippen molar-refractivity contribution in [3.63, 3.8) is 0 Å². The zero-order valence-corrected chi connectivity index (χ0v) is 14.4. The molecule has 26 heavy (non-hydrogen) atoms. The second kappa shape index (κ2) is 6.97. The summed E-state index contributed by atoms with van der Waals surface area (Å²) in [6.45, 7) is 1.68. The van der Waals surface area contributed by atoms with Crippen LogP contribution in [-0.4, -0.2) is 38.8 Å². The van der Waals surface area contributed by atoms with E-state index in [1.165, 1.54) is 0 Å². The van der Waals surface area contributed by atoms with E-state index in [9.17, 15) is 4.79 Å². The van der Waals surface area contributed by atoms with Crippen molar-refractivity contribution < 1.29 is 9.53 Å². The maximum atomic E-state index is 12.6. The van der Waals surface area contributed by atoms with E-state index in [-0.39, 0.29) is 5.91 Å². The van der Waals surface area contributed by atoms with Crippen LogP contribution in [0.4, 0.5) is 0 Å². The van der Waals surface area contributed by atoms with Crippen molar-refractivity contribution in [2.24, 2.45) is 0 Å². The minimum atomic E-state index is -0.140. The molecule has 4 rings (SSSR count). The van der Waals surface area contributed by atoms with E-state index in [1.807, 2.05) is 59.3 Å².